The van der Waals surface area contributed by atoms with Gasteiger partial charge in [0.15, 0.2) is 0 Å². The third-order valence-corrected chi connectivity index (χ3v) is 7.78. The molecule has 2 aliphatic heterocycles. The van der Waals surface area contributed by atoms with Gasteiger partial charge in [-0.25, -0.2) is 13.8 Å². The van der Waals surface area contributed by atoms with Gasteiger partial charge in [0.2, 0.25) is 0 Å². The Kier molecular flexibility index (Phi) is 5.70. The number of nitrogens with one attached hydrogen (secondary N) is 2. The highest BCUT2D eigenvalue weighted by Crippen LogP contribution is 2.33. The molecule has 4 N–H and O–H groups in total. The number of rotatable bonds is 5. The van der Waals surface area contributed by atoms with Crippen molar-refractivity contribution in [3.05, 3.63) is 52.0 Å². The predicted octanol–water partition coefficient (Wildman–Crippen LogP) is 3.94. The second kappa shape index (κ2) is 8.53. The van der Waals surface area contributed by atoms with E-state index in [1.807, 2.05) is 24.0 Å². The van der Waals surface area contributed by atoms with E-state index in [1.54, 1.807) is 6.92 Å². The first-order valence-corrected chi connectivity index (χ1v) is 12.1. The summed E-state index contributed by atoms with van der Waals surface area (Å²) in [5.41, 5.74) is 7.95. The number of anilines is 2. The molecule has 2 saturated heterocycles. The van der Waals surface area contributed by atoms with Crippen LogP contribution in [0, 0.1) is 18.6 Å². The zero-order valence-corrected chi connectivity index (χ0v) is 19.4. The number of halogens is 2. The van der Waals surface area contributed by atoms with Crippen LogP contribution in [0.5, 0.6) is 0 Å². The van der Waals surface area contributed by atoms with Crippen LogP contribution in [0.3, 0.4) is 0 Å². The van der Waals surface area contributed by atoms with E-state index in [4.69, 9.17) is 5.73 Å². The molecule has 1 aromatic carbocycles. The number of carbonyl (C=O) groups is 1. The fourth-order valence-electron chi connectivity index (χ4n) is 4.86. The van der Waals surface area contributed by atoms with E-state index in [9.17, 15) is 13.6 Å². The summed E-state index contributed by atoms with van der Waals surface area (Å²) in [6.07, 6.45) is 2.14. The van der Waals surface area contributed by atoms with Crippen LogP contribution in [-0.4, -0.2) is 42.6 Å². The quantitative estimate of drug-likeness (QED) is 0.525. The molecule has 0 spiro atoms. The molecule has 2 aliphatic rings. The van der Waals surface area contributed by atoms with Crippen molar-refractivity contribution in [1.29, 1.82) is 0 Å². The number of aromatic nitrogens is 1. The van der Waals surface area contributed by atoms with Gasteiger partial charge in [0, 0.05) is 54.8 Å². The lowest BCUT2D eigenvalue weighted by Crippen LogP contribution is -2.51. The first kappa shape index (κ1) is 22.0. The predicted molar refractivity (Wildman–Crippen MR) is 128 cm³/mol. The molecule has 9 heteroatoms. The van der Waals surface area contributed by atoms with Crippen LogP contribution in [0.4, 0.5) is 20.2 Å². The lowest BCUT2D eigenvalue weighted by atomic mass is 9.99. The maximum atomic E-state index is 15.0. The number of aryl methyl sites for hydroxylation is 1. The fraction of sp³-hybridized carbons (Fsp3) is 0.417. The minimum absolute atomic E-state index is 0.159. The second-order valence-corrected chi connectivity index (χ2v) is 10.1. The number of fused-ring (bicyclic) bond motifs is 3. The molecule has 2 bridgehead atoms. The Bertz CT molecular complexity index is 1220. The van der Waals surface area contributed by atoms with E-state index in [-0.39, 0.29) is 18.0 Å². The Morgan fingerprint density at radius 3 is 2.73 bits per heavy atom. The molecule has 2 aromatic heterocycles. The Morgan fingerprint density at radius 1 is 1.27 bits per heavy atom. The molecular formula is C24H27F2N5OS. The number of nitrogen functional groups attached to an aromatic ring is 1. The highest BCUT2D eigenvalue weighted by molar-refractivity contribution is 7.21. The maximum absolute atomic E-state index is 15.0. The number of carbonyl (C=O) groups excluding carboxylic acids is 1. The highest BCUT2D eigenvalue weighted by Gasteiger charge is 2.33. The van der Waals surface area contributed by atoms with Crippen LogP contribution in [0.25, 0.3) is 10.2 Å². The highest BCUT2D eigenvalue weighted by atomic mass is 32.1. The normalized spacial score (nSPS) is 20.9. The smallest absolute Gasteiger partial charge is 0.263 e. The lowest BCUT2D eigenvalue weighted by Gasteiger charge is -2.35. The van der Waals surface area contributed by atoms with E-state index in [0.717, 1.165) is 23.9 Å². The Balaban J connectivity index is 1.29. The third kappa shape index (κ3) is 4.15. The van der Waals surface area contributed by atoms with E-state index in [0.29, 0.717) is 46.3 Å². The van der Waals surface area contributed by atoms with Gasteiger partial charge in [-0.3, -0.25) is 4.79 Å². The molecule has 6 nitrogen and oxygen atoms in total. The first-order chi connectivity index (χ1) is 15.8. The summed E-state index contributed by atoms with van der Waals surface area (Å²) in [6.45, 7) is 5.17. The van der Waals surface area contributed by atoms with Crippen LogP contribution < -0.4 is 21.3 Å². The van der Waals surface area contributed by atoms with Gasteiger partial charge in [0.25, 0.3) is 5.91 Å². The Hall–Kier alpha value is -2.78. The molecule has 5 rings (SSSR count). The van der Waals surface area contributed by atoms with Crippen molar-refractivity contribution in [2.75, 3.05) is 30.3 Å². The number of nitrogens with two attached hydrogens (primary N) is 1. The molecule has 0 aliphatic carbocycles. The monoisotopic (exact) mass is 471 g/mol. The van der Waals surface area contributed by atoms with Crippen molar-refractivity contribution in [3.63, 3.8) is 0 Å². The van der Waals surface area contributed by atoms with Crippen LogP contribution in [0.2, 0.25) is 0 Å². The number of hydrogen-bond acceptors (Lipinski definition) is 6. The molecular weight excluding hydrogens is 444 g/mol. The minimum atomic E-state index is -0.458. The molecule has 3 atom stereocenters. The van der Waals surface area contributed by atoms with Crippen LogP contribution in [-0.2, 0) is 0 Å². The number of thiophene rings is 1. The molecule has 2 unspecified atom stereocenters. The SMILES string of the molecule is Cc1ccc2c(N)c(C(=O)NC[C@@H](C)c3cc(F)c(N4CC5CCC(C4)N5)cc3F)sc2n1. The van der Waals surface area contributed by atoms with Gasteiger partial charge >= 0.3 is 0 Å². The molecule has 33 heavy (non-hydrogen) atoms. The van der Waals surface area contributed by atoms with Crippen molar-refractivity contribution in [2.45, 2.75) is 44.7 Å². The summed E-state index contributed by atoms with van der Waals surface area (Å²) in [6, 6.07) is 6.94. The van der Waals surface area contributed by atoms with Crippen LogP contribution >= 0.6 is 11.3 Å². The van der Waals surface area contributed by atoms with Crippen molar-refractivity contribution >= 4 is 38.8 Å². The van der Waals surface area contributed by atoms with Crippen molar-refractivity contribution in [2.24, 2.45) is 0 Å². The number of hydrogen-bond donors (Lipinski definition) is 3. The standard InChI is InChI=1S/C24H27F2N5OS/c1-12(9-28-23(32)22-21(27)16-6-3-13(2)29-24(16)33-22)17-7-19(26)20(8-18(17)25)31-10-14-4-5-15(11-31)30-14/h3,6-8,12,14-15,30H,4-5,9-11,27H2,1-2H3,(H,28,32)/t12-,14?,15?/m1/s1. The number of amides is 1. The molecule has 1 amide bonds. The molecule has 2 fully saturated rings. The van der Waals surface area contributed by atoms with E-state index < -0.39 is 17.6 Å². The number of benzene rings is 1. The van der Waals surface area contributed by atoms with E-state index in [1.165, 1.54) is 23.5 Å². The average molecular weight is 472 g/mol. The Labute approximate surface area is 195 Å². The molecule has 0 saturated carbocycles. The van der Waals surface area contributed by atoms with Gasteiger partial charge < -0.3 is 21.3 Å². The van der Waals surface area contributed by atoms with Gasteiger partial charge in [-0.2, -0.15) is 0 Å². The van der Waals surface area contributed by atoms with Crippen molar-refractivity contribution < 1.29 is 13.6 Å². The maximum Gasteiger partial charge on any atom is 0.263 e. The topological polar surface area (TPSA) is 83.3 Å². The summed E-state index contributed by atoms with van der Waals surface area (Å²) in [4.78, 5) is 20.2. The summed E-state index contributed by atoms with van der Waals surface area (Å²) in [5.74, 6) is -1.64. The van der Waals surface area contributed by atoms with Crippen LogP contribution in [0.1, 0.15) is 46.6 Å². The molecule has 0 radical (unpaired) electrons. The fourth-order valence-corrected chi connectivity index (χ4v) is 5.92. The van der Waals surface area contributed by atoms with Crippen molar-refractivity contribution in [3.8, 4) is 0 Å². The van der Waals surface area contributed by atoms with Gasteiger partial charge in [-0.15, -0.1) is 11.3 Å². The summed E-state index contributed by atoms with van der Waals surface area (Å²) < 4.78 is 30.0. The summed E-state index contributed by atoms with van der Waals surface area (Å²) >= 11 is 1.23. The zero-order chi connectivity index (χ0) is 23.3. The number of piperazine rings is 1. The van der Waals surface area contributed by atoms with E-state index >= 15 is 0 Å². The second-order valence-electron chi connectivity index (χ2n) is 9.13. The lowest BCUT2D eigenvalue weighted by molar-refractivity contribution is 0.0956. The third-order valence-electron chi connectivity index (χ3n) is 6.66. The largest absolute Gasteiger partial charge is 0.397 e. The number of nitrogens with zero attached hydrogens (tertiary/aromatic N) is 2. The van der Waals surface area contributed by atoms with E-state index in [2.05, 4.69) is 15.6 Å². The Morgan fingerprint density at radius 2 is 2.00 bits per heavy atom. The number of pyridine rings is 1. The molecule has 4 heterocycles. The summed E-state index contributed by atoms with van der Waals surface area (Å²) in [5, 5.41) is 7.06. The summed E-state index contributed by atoms with van der Waals surface area (Å²) in [7, 11) is 0. The molecule has 174 valence electrons. The first-order valence-electron chi connectivity index (χ1n) is 11.2. The van der Waals surface area contributed by atoms with Gasteiger partial charge in [0.1, 0.15) is 21.3 Å². The van der Waals surface area contributed by atoms with Crippen LogP contribution in [0.15, 0.2) is 24.3 Å². The zero-order valence-electron chi connectivity index (χ0n) is 18.6. The molecule has 3 aromatic rings. The van der Waals surface area contributed by atoms with Gasteiger partial charge in [0.05, 0.1) is 11.4 Å². The average Bonchev–Trinajstić information content (AvgIpc) is 3.30. The van der Waals surface area contributed by atoms with Gasteiger partial charge in [-0.1, -0.05) is 6.92 Å². The van der Waals surface area contributed by atoms with Crippen molar-refractivity contribution in [1.82, 2.24) is 15.6 Å². The minimum Gasteiger partial charge on any atom is -0.397 e. The van der Waals surface area contributed by atoms with Gasteiger partial charge in [-0.05, 0) is 43.5 Å².